The molecule has 0 amide bonds. The van der Waals surface area contributed by atoms with Crippen molar-refractivity contribution in [2.24, 2.45) is 5.73 Å². The number of morpholine rings is 2. The van der Waals surface area contributed by atoms with Crippen molar-refractivity contribution in [3.63, 3.8) is 0 Å². The Labute approximate surface area is 228 Å². The third-order valence-corrected chi connectivity index (χ3v) is 8.42. The SMILES string of the molecule is CSCCC(N)(C(=O)OSc1ccc(C(=O)C(C)N2CCOCC2)c(C)c1)C(=O)C(C)N1CCOCC1. The zero-order valence-corrected chi connectivity index (χ0v) is 23.8. The zero-order valence-electron chi connectivity index (χ0n) is 22.2. The average Bonchev–Trinajstić information content (AvgIpc) is 2.93. The molecule has 2 aliphatic rings. The molecule has 11 heteroatoms. The lowest BCUT2D eigenvalue weighted by atomic mass is 9.87. The molecular weight excluding hydrogens is 514 g/mol. The number of carbonyl (C=O) groups excluding carboxylic acids is 3. The van der Waals surface area contributed by atoms with E-state index < -0.39 is 17.6 Å². The second-order valence-electron chi connectivity index (χ2n) is 9.52. The molecule has 0 saturated carbocycles. The summed E-state index contributed by atoms with van der Waals surface area (Å²) in [5, 5.41) is 0. The van der Waals surface area contributed by atoms with Crippen molar-refractivity contribution in [1.29, 1.82) is 0 Å². The molecule has 3 rings (SSSR count). The maximum atomic E-state index is 13.4. The smallest absolute Gasteiger partial charge is 0.346 e. The van der Waals surface area contributed by atoms with Crippen molar-refractivity contribution in [3.8, 4) is 0 Å². The summed E-state index contributed by atoms with van der Waals surface area (Å²) in [6, 6.07) is 4.57. The summed E-state index contributed by atoms with van der Waals surface area (Å²) in [4.78, 5) is 44.5. The van der Waals surface area contributed by atoms with Gasteiger partial charge < -0.3 is 19.4 Å². The molecule has 206 valence electrons. The fourth-order valence-corrected chi connectivity index (χ4v) is 5.77. The van der Waals surface area contributed by atoms with Crippen LogP contribution in [0.25, 0.3) is 0 Å². The van der Waals surface area contributed by atoms with E-state index in [-0.39, 0.29) is 24.0 Å². The van der Waals surface area contributed by atoms with Gasteiger partial charge in [-0.25, -0.2) is 4.79 Å². The van der Waals surface area contributed by atoms with E-state index in [1.807, 2.05) is 31.1 Å². The van der Waals surface area contributed by atoms with E-state index in [0.29, 0.717) is 55.7 Å². The van der Waals surface area contributed by atoms with E-state index in [1.54, 1.807) is 19.1 Å². The number of rotatable bonds is 12. The van der Waals surface area contributed by atoms with Crippen molar-refractivity contribution < 1.29 is 28.0 Å². The van der Waals surface area contributed by atoms with Crippen LogP contribution in [0.3, 0.4) is 0 Å². The monoisotopic (exact) mass is 553 g/mol. The van der Waals surface area contributed by atoms with E-state index in [9.17, 15) is 14.4 Å². The highest BCUT2D eigenvalue weighted by molar-refractivity contribution is 7.98. The molecule has 1 aromatic rings. The number of nitrogens with zero attached hydrogens (tertiary/aromatic N) is 2. The predicted molar refractivity (Wildman–Crippen MR) is 146 cm³/mol. The van der Waals surface area contributed by atoms with Gasteiger partial charge in [0, 0.05) is 36.6 Å². The van der Waals surface area contributed by atoms with Gasteiger partial charge >= 0.3 is 5.97 Å². The van der Waals surface area contributed by atoms with Crippen molar-refractivity contribution in [3.05, 3.63) is 29.3 Å². The quantitative estimate of drug-likeness (QED) is 0.234. The van der Waals surface area contributed by atoms with Crippen molar-refractivity contribution in [1.82, 2.24) is 9.80 Å². The number of benzene rings is 1. The predicted octanol–water partition coefficient (Wildman–Crippen LogP) is 2.19. The van der Waals surface area contributed by atoms with Gasteiger partial charge in [0.2, 0.25) is 0 Å². The summed E-state index contributed by atoms with van der Waals surface area (Å²) in [7, 11) is 0. The molecule has 9 nitrogen and oxygen atoms in total. The van der Waals surface area contributed by atoms with Gasteiger partial charge in [-0.3, -0.25) is 19.4 Å². The Bertz CT molecular complexity index is 952. The van der Waals surface area contributed by atoms with Crippen molar-refractivity contribution in [2.75, 3.05) is 64.6 Å². The Kier molecular flexibility index (Phi) is 11.4. The molecule has 2 heterocycles. The van der Waals surface area contributed by atoms with Gasteiger partial charge in [-0.05, 0) is 63.0 Å². The molecule has 0 radical (unpaired) electrons. The van der Waals surface area contributed by atoms with E-state index in [1.165, 1.54) is 11.8 Å². The summed E-state index contributed by atoms with van der Waals surface area (Å²) in [5.41, 5.74) is 6.16. The van der Waals surface area contributed by atoms with Gasteiger partial charge in [0.05, 0.1) is 50.6 Å². The van der Waals surface area contributed by atoms with Crippen LogP contribution in [-0.4, -0.2) is 110 Å². The molecule has 0 aromatic heterocycles. The lowest BCUT2D eigenvalue weighted by Crippen LogP contribution is -2.62. The minimum absolute atomic E-state index is 0.0497. The molecule has 37 heavy (non-hydrogen) atoms. The Balaban J connectivity index is 1.66. The third kappa shape index (κ3) is 7.56. The third-order valence-electron chi connectivity index (χ3n) is 7.13. The second kappa shape index (κ2) is 14.1. The number of thioether (sulfide) groups is 1. The van der Waals surface area contributed by atoms with Gasteiger partial charge in [-0.15, -0.1) is 0 Å². The highest BCUT2D eigenvalue weighted by atomic mass is 32.2. The average molecular weight is 554 g/mol. The van der Waals surface area contributed by atoms with Gasteiger partial charge in [0.15, 0.2) is 17.1 Å². The lowest BCUT2D eigenvalue weighted by Gasteiger charge is -2.35. The van der Waals surface area contributed by atoms with E-state index >= 15 is 0 Å². The van der Waals surface area contributed by atoms with Crippen LogP contribution in [0.15, 0.2) is 23.1 Å². The highest BCUT2D eigenvalue weighted by Crippen LogP contribution is 2.27. The molecule has 1 aromatic carbocycles. The topological polar surface area (TPSA) is 111 Å². The van der Waals surface area contributed by atoms with Crippen molar-refractivity contribution in [2.45, 2.75) is 49.7 Å². The van der Waals surface area contributed by atoms with Crippen LogP contribution >= 0.6 is 23.8 Å². The molecular formula is C26H39N3O6S2. The normalized spacial score (nSPS) is 20.6. The van der Waals surface area contributed by atoms with Crippen LogP contribution in [0.1, 0.15) is 36.2 Å². The molecule has 0 spiro atoms. The summed E-state index contributed by atoms with van der Waals surface area (Å²) >= 11 is 2.39. The minimum Gasteiger partial charge on any atom is -0.384 e. The second-order valence-corrected chi connectivity index (χ2v) is 11.3. The Hall–Kier alpha value is -1.47. The first-order valence-electron chi connectivity index (χ1n) is 12.7. The van der Waals surface area contributed by atoms with Crippen LogP contribution in [0.2, 0.25) is 0 Å². The molecule has 2 fully saturated rings. The first kappa shape index (κ1) is 30.1. The van der Waals surface area contributed by atoms with E-state index in [4.69, 9.17) is 19.4 Å². The Morgan fingerprint density at radius 1 is 1.03 bits per heavy atom. The van der Waals surface area contributed by atoms with Crippen LogP contribution in [0.4, 0.5) is 0 Å². The molecule has 2 saturated heterocycles. The fourth-order valence-electron chi connectivity index (χ4n) is 4.57. The summed E-state index contributed by atoms with van der Waals surface area (Å²) in [6.07, 6.45) is 2.09. The zero-order chi connectivity index (χ0) is 27.0. The lowest BCUT2D eigenvalue weighted by molar-refractivity contribution is -0.147. The molecule has 2 aliphatic heterocycles. The van der Waals surface area contributed by atoms with Gasteiger partial charge in [-0.2, -0.15) is 11.8 Å². The number of nitrogens with two attached hydrogens (primary N) is 1. The minimum atomic E-state index is -1.74. The number of ketones is 2. The van der Waals surface area contributed by atoms with Gasteiger partial charge in [0.1, 0.15) is 0 Å². The number of hydrogen-bond acceptors (Lipinski definition) is 11. The number of carbonyl (C=O) groups is 3. The van der Waals surface area contributed by atoms with Crippen LogP contribution in [0.5, 0.6) is 0 Å². The molecule has 3 unspecified atom stereocenters. The summed E-state index contributed by atoms with van der Waals surface area (Å²) < 4.78 is 16.3. The summed E-state index contributed by atoms with van der Waals surface area (Å²) in [5.74, 6) is -0.498. The highest BCUT2D eigenvalue weighted by Gasteiger charge is 2.46. The maximum absolute atomic E-state index is 13.4. The van der Waals surface area contributed by atoms with Crippen LogP contribution in [-0.2, 0) is 23.2 Å². The van der Waals surface area contributed by atoms with Gasteiger partial charge in [0.25, 0.3) is 0 Å². The van der Waals surface area contributed by atoms with E-state index in [2.05, 4.69) is 4.90 Å². The number of aryl methyl sites for hydroxylation is 1. The Morgan fingerprint density at radius 2 is 1.59 bits per heavy atom. The molecule has 2 N–H and O–H groups in total. The Morgan fingerprint density at radius 3 is 2.14 bits per heavy atom. The van der Waals surface area contributed by atoms with Crippen LogP contribution < -0.4 is 5.73 Å². The molecule has 0 aliphatic carbocycles. The first-order valence-corrected chi connectivity index (χ1v) is 14.8. The molecule has 0 bridgehead atoms. The number of hydrogen-bond donors (Lipinski definition) is 1. The fraction of sp³-hybridized carbons (Fsp3) is 0.654. The van der Waals surface area contributed by atoms with Gasteiger partial charge in [-0.1, -0.05) is 0 Å². The molecule has 3 atom stereocenters. The largest absolute Gasteiger partial charge is 0.384 e. The van der Waals surface area contributed by atoms with Crippen molar-refractivity contribution >= 4 is 41.3 Å². The summed E-state index contributed by atoms with van der Waals surface area (Å²) in [6.45, 7) is 10.6. The first-order chi connectivity index (χ1) is 17.7. The number of ether oxygens (including phenoxy) is 2. The van der Waals surface area contributed by atoms with Crippen LogP contribution in [0, 0.1) is 6.92 Å². The van der Waals surface area contributed by atoms with E-state index in [0.717, 1.165) is 30.7 Å². The maximum Gasteiger partial charge on any atom is 0.346 e. The number of Topliss-reactive ketones (excluding diaryl/α,β-unsaturated/α-hetero) is 2. The standard InChI is InChI=1S/C26H39N3O6S2/c1-18-17-21(5-6-22(18)23(30)19(2)28-8-12-33-13-9-28)37-35-25(32)26(27,7-16-36-4)24(31)20(3)29-10-14-34-15-11-29/h5-6,17,19-20H,7-16,27H2,1-4H3.